The Balaban J connectivity index is 1.22. The van der Waals surface area contributed by atoms with Crippen LogP contribution in [-0.4, -0.2) is 32.9 Å². The summed E-state index contributed by atoms with van der Waals surface area (Å²) in [6.07, 6.45) is 6.23. The van der Waals surface area contributed by atoms with Crippen molar-refractivity contribution in [2.24, 2.45) is 0 Å². The van der Waals surface area contributed by atoms with Gasteiger partial charge in [-0.15, -0.1) is 10.2 Å². The molecule has 9 heteroatoms. The molecule has 1 N–H and O–H groups in total. The molecule has 0 bridgehead atoms. The molecule has 1 fully saturated rings. The first-order chi connectivity index (χ1) is 13.3. The number of aromatic nitrogens is 3. The minimum Gasteiger partial charge on any atom is -0.455 e. The summed E-state index contributed by atoms with van der Waals surface area (Å²) < 4.78 is 11.5. The average Bonchev–Trinajstić information content (AvgIpc) is 3.32. The fourth-order valence-electron chi connectivity index (χ4n) is 3.03. The molecular weight excluding hydrogens is 384 g/mol. The number of nitrogens with one attached hydrogen (secondary N) is 1. The number of nitrogens with zero attached hydrogens (tertiary/aromatic N) is 3. The van der Waals surface area contributed by atoms with Crippen LogP contribution in [0.5, 0.6) is 0 Å². The van der Waals surface area contributed by atoms with E-state index in [9.17, 15) is 4.79 Å². The molecule has 27 heavy (non-hydrogen) atoms. The van der Waals surface area contributed by atoms with Crippen molar-refractivity contribution in [3.05, 3.63) is 30.2 Å². The normalized spacial score (nSPS) is 15.1. The third kappa shape index (κ3) is 4.98. The van der Waals surface area contributed by atoms with Gasteiger partial charge < -0.3 is 14.5 Å². The van der Waals surface area contributed by atoms with Crippen LogP contribution in [0.25, 0.3) is 11.1 Å². The molecule has 4 rings (SSSR count). The number of anilines is 1. The Labute approximate surface area is 164 Å². The standard InChI is InChI=1S/C18H20N4O3S2/c23-16(24-10-15-20-13-8-4-5-9-14(13)25-15)11-26-18-22-21-17(27-18)19-12-6-2-1-3-7-12/h4-5,8-9,12H,1-3,6-7,10-11H2,(H,19,21). The van der Waals surface area contributed by atoms with E-state index in [2.05, 4.69) is 20.5 Å². The van der Waals surface area contributed by atoms with Crippen LogP contribution < -0.4 is 5.32 Å². The lowest BCUT2D eigenvalue weighted by atomic mass is 9.96. The van der Waals surface area contributed by atoms with Crippen molar-refractivity contribution in [3.63, 3.8) is 0 Å². The minimum atomic E-state index is -0.334. The van der Waals surface area contributed by atoms with Crippen LogP contribution in [0.15, 0.2) is 33.0 Å². The molecule has 2 aromatic heterocycles. The summed E-state index contributed by atoms with van der Waals surface area (Å²) in [6.45, 7) is 0.0265. The first kappa shape index (κ1) is 18.2. The second-order valence-electron chi connectivity index (χ2n) is 6.38. The van der Waals surface area contributed by atoms with Crippen LogP contribution in [0.3, 0.4) is 0 Å². The molecule has 0 radical (unpaired) electrons. The molecule has 1 aromatic carbocycles. The second-order valence-corrected chi connectivity index (χ2v) is 8.58. The molecule has 0 amide bonds. The van der Waals surface area contributed by atoms with Gasteiger partial charge >= 0.3 is 5.97 Å². The summed E-state index contributed by atoms with van der Waals surface area (Å²) in [7, 11) is 0. The summed E-state index contributed by atoms with van der Waals surface area (Å²) in [5.41, 5.74) is 1.44. The van der Waals surface area contributed by atoms with E-state index < -0.39 is 0 Å². The predicted molar refractivity (Wildman–Crippen MR) is 105 cm³/mol. The van der Waals surface area contributed by atoms with Crippen LogP contribution >= 0.6 is 23.1 Å². The molecule has 1 saturated carbocycles. The lowest BCUT2D eigenvalue weighted by molar-refractivity contribution is -0.142. The quantitative estimate of drug-likeness (QED) is 0.461. The van der Waals surface area contributed by atoms with Gasteiger partial charge in [-0.25, -0.2) is 4.98 Å². The zero-order valence-electron chi connectivity index (χ0n) is 14.7. The zero-order valence-corrected chi connectivity index (χ0v) is 16.4. The van der Waals surface area contributed by atoms with Crippen molar-refractivity contribution in [3.8, 4) is 0 Å². The molecule has 0 saturated heterocycles. The van der Waals surface area contributed by atoms with Gasteiger partial charge in [-0.05, 0) is 25.0 Å². The number of hydrogen-bond acceptors (Lipinski definition) is 9. The Bertz CT molecular complexity index is 872. The summed E-state index contributed by atoms with van der Waals surface area (Å²) in [6, 6.07) is 7.94. The smallest absolute Gasteiger partial charge is 0.316 e. The topological polar surface area (TPSA) is 90.1 Å². The molecule has 142 valence electrons. The van der Waals surface area contributed by atoms with Crippen LogP contribution in [0, 0.1) is 0 Å². The monoisotopic (exact) mass is 404 g/mol. The molecule has 0 unspecified atom stereocenters. The first-order valence-corrected chi connectivity index (χ1v) is 10.8. The maximum atomic E-state index is 12.0. The van der Waals surface area contributed by atoms with Gasteiger partial charge in [0.05, 0.1) is 5.75 Å². The molecule has 0 atom stereocenters. The molecule has 1 aliphatic rings. The lowest BCUT2D eigenvalue weighted by Crippen LogP contribution is -2.21. The number of oxazole rings is 1. The summed E-state index contributed by atoms with van der Waals surface area (Å²) in [5.74, 6) is 0.238. The minimum absolute atomic E-state index is 0.0265. The molecule has 0 aliphatic heterocycles. The van der Waals surface area contributed by atoms with E-state index in [0.29, 0.717) is 17.5 Å². The van der Waals surface area contributed by atoms with Crippen molar-refractivity contribution in [2.45, 2.75) is 49.1 Å². The van der Waals surface area contributed by atoms with E-state index >= 15 is 0 Å². The highest BCUT2D eigenvalue weighted by molar-refractivity contribution is 8.01. The van der Waals surface area contributed by atoms with E-state index in [1.807, 2.05) is 24.3 Å². The van der Waals surface area contributed by atoms with Gasteiger partial charge in [0.15, 0.2) is 16.5 Å². The number of carbonyl (C=O) groups is 1. The maximum Gasteiger partial charge on any atom is 0.316 e. The van der Waals surface area contributed by atoms with Crippen LogP contribution in [0.1, 0.15) is 38.0 Å². The summed E-state index contributed by atoms with van der Waals surface area (Å²) in [4.78, 5) is 16.2. The largest absolute Gasteiger partial charge is 0.455 e. The van der Waals surface area contributed by atoms with Crippen molar-refractivity contribution in [1.29, 1.82) is 0 Å². The Morgan fingerprint density at radius 3 is 2.96 bits per heavy atom. The molecule has 7 nitrogen and oxygen atoms in total. The molecular formula is C18H20N4O3S2. The maximum absolute atomic E-state index is 12.0. The highest BCUT2D eigenvalue weighted by Crippen LogP contribution is 2.28. The van der Waals surface area contributed by atoms with E-state index in [4.69, 9.17) is 9.15 Å². The Hall–Kier alpha value is -2.13. The first-order valence-electron chi connectivity index (χ1n) is 8.99. The highest BCUT2D eigenvalue weighted by atomic mass is 32.2. The lowest BCUT2D eigenvalue weighted by Gasteiger charge is -2.21. The molecule has 1 aliphatic carbocycles. The second kappa shape index (κ2) is 8.71. The Morgan fingerprint density at radius 2 is 2.11 bits per heavy atom. The van der Waals surface area contributed by atoms with Crippen molar-refractivity contribution >= 4 is 45.3 Å². The van der Waals surface area contributed by atoms with E-state index in [1.165, 1.54) is 55.2 Å². The van der Waals surface area contributed by atoms with Crippen LogP contribution in [-0.2, 0) is 16.1 Å². The van der Waals surface area contributed by atoms with Crippen LogP contribution in [0.4, 0.5) is 5.13 Å². The molecule has 0 spiro atoms. The zero-order chi connectivity index (χ0) is 18.5. The Kier molecular flexibility index (Phi) is 5.88. The summed E-state index contributed by atoms with van der Waals surface area (Å²) >= 11 is 2.81. The van der Waals surface area contributed by atoms with E-state index in [1.54, 1.807) is 0 Å². The third-order valence-corrected chi connectivity index (χ3v) is 6.31. The van der Waals surface area contributed by atoms with Gasteiger partial charge in [0.2, 0.25) is 11.0 Å². The fourth-order valence-corrected chi connectivity index (χ4v) is 4.66. The average molecular weight is 405 g/mol. The number of fused-ring (bicyclic) bond motifs is 1. The third-order valence-electron chi connectivity index (χ3n) is 4.35. The van der Waals surface area contributed by atoms with Crippen molar-refractivity contribution < 1.29 is 13.9 Å². The van der Waals surface area contributed by atoms with Gasteiger partial charge in [0.1, 0.15) is 5.52 Å². The number of esters is 1. The number of carbonyl (C=O) groups excluding carboxylic acids is 1. The van der Waals surface area contributed by atoms with E-state index in [-0.39, 0.29) is 18.3 Å². The fraction of sp³-hybridized carbons (Fsp3) is 0.444. The summed E-state index contributed by atoms with van der Waals surface area (Å²) in [5, 5.41) is 12.6. The number of thioether (sulfide) groups is 1. The number of rotatable bonds is 7. The molecule has 2 heterocycles. The Morgan fingerprint density at radius 1 is 1.26 bits per heavy atom. The van der Waals surface area contributed by atoms with E-state index in [0.717, 1.165) is 15.0 Å². The SMILES string of the molecule is O=C(CSc1nnc(NC2CCCCC2)s1)OCc1nc2ccccc2o1. The predicted octanol–water partition coefficient (Wildman–Crippen LogP) is 4.26. The van der Waals surface area contributed by atoms with Gasteiger partial charge in [-0.3, -0.25) is 4.79 Å². The van der Waals surface area contributed by atoms with Gasteiger partial charge in [0, 0.05) is 6.04 Å². The van der Waals surface area contributed by atoms with Gasteiger partial charge in [-0.2, -0.15) is 0 Å². The van der Waals surface area contributed by atoms with Gasteiger partial charge in [0.25, 0.3) is 0 Å². The van der Waals surface area contributed by atoms with Crippen molar-refractivity contribution in [2.75, 3.05) is 11.1 Å². The number of para-hydroxylation sites is 2. The van der Waals surface area contributed by atoms with Crippen LogP contribution in [0.2, 0.25) is 0 Å². The van der Waals surface area contributed by atoms with Crippen molar-refractivity contribution in [1.82, 2.24) is 15.2 Å². The highest BCUT2D eigenvalue weighted by Gasteiger charge is 2.16. The number of benzene rings is 1. The number of hydrogen-bond donors (Lipinski definition) is 1. The number of ether oxygens (including phenoxy) is 1. The van der Waals surface area contributed by atoms with Gasteiger partial charge in [-0.1, -0.05) is 54.5 Å². The molecule has 3 aromatic rings.